The molecule has 10 heteroatoms. The highest BCUT2D eigenvalue weighted by Gasteiger charge is 2.23. The van der Waals surface area contributed by atoms with Crippen LogP contribution in [0.1, 0.15) is 57.4 Å². The molecule has 0 N–H and O–H groups in total. The summed E-state index contributed by atoms with van der Waals surface area (Å²) in [4.78, 5) is 22.5. The van der Waals surface area contributed by atoms with Crippen molar-refractivity contribution in [3.8, 4) is 11.5 Å². The van der Waals surface area contributed by atoms with E-state index in [0.29, 0.717) is 36.8 Å². The Balaban J connectivity index is 1.54. The van der Waals surface area contributed by atoms with Crippen molar-refractivity contribution in [1.82, 2.24) is 4.98 Å². The molecule has 0 atom stereocenters. The number of benzene rings is 2. The van der Waals surface area contributed by atoms with Crippen molar-refractivity contribution >= 4 is 50.7 Å². The summed E-state index contributed by atoms with van der Waals surface area (Å²) >= 11 is 6.91. The Labute approximate surface area is 226 Å². The van der Waals surface area contributed by atoms with Gasteiger partial charge in [-0.3, -0.25) is 4.79 Å². The minimum Gasteiger partial charge on any atom is -0.426 e. The van der Waals surface area contributed by atoms with Crippen molar-refractivity contribution in [2.75, 3.05) is 24.8 Å². The van der Waals surface area contributed by atoms with Gasteiger partial charge in [0.15, 0.2) is 5.75 Å². The second-order valence-electron chi connectivity index (χ2n) is 8.90. The van der Waals surface area contributed by atoms with Gasteiger partial charge in [0.05, 0.1) is 35.5 Å². The average molecular weight is 546 g/mol. The first-order valence-electron chi connectivity index (χ1n) is 12.7. The monoisotopic (exact) mass is 545 g/mol. The number of unbranched alkanes of at least 4 members (excludes halogenated alkanes) is 1. The van der Waals surface area contributed by atoms with Crippen molar-refractivity contribution in [3.63, 3.8) is 0 Å². The van der Waals surface area contributed by atoms with E-state index in [9.17, 15) is 4.79 Å². The molecule has 0 bridgehead atoms. The Morgan fingerprint density at radius 1 is 1.19 bits per heavy atom. The summed E-state index contributed by atoms with van der Waals surface area (Å²) in [5.74, 6) is 0.480. The predicted molar refractivity (Wildman–Crippen MR) is 147 cm³/mol. The summed E-state index contributed by atoms with van der Waals surface area (Å²) in [5.41, 5.74) is 1.44. The average Bonchev–Trinajstić information content (AvgIpc) is 3.36. The maximum absolute atomic E-state index is 12.7. The fraction of sp³-hybridized carbons (Fsp3) is 0.444. The first-order valence-corrected chi connectivity index (χ1v) is 13.9. The maximum Gasteiger partial charge on any atom is 0.314 e. The summed E-state index contributed by atoms with van der Waals surface area (Å²) in [6.07, 6.45) is 8.72. The van der Waals surface area contributed by atoms with E-state index in [-0.39, 0.29) is 11.9 Å². The SMILES string of the molecule is CCCCOCCN(/N=C/c1cc(OC(=O)C2CCCCC2)ccc1OOCl)c1nc2ccccc2s1. The number of carbonyl (C=O) groups is 1. The number of rotatable bonds is 13. The lowest BCUT2D eigenvalue weighted by molar-refractivity contribution is -0.140. The molecule has 1 fully saturated rings. The number of hydrazone groups is 1. The third-order valence-corrected chi connectivity index (χ3v) is 7.30. The molecule has 37 heavy (non-hydrogen) atoms. The molecule has 198 valence electrons. The Hall–Kier alpha value is -2.72. The van der Waals surface area contributed by atoms with Gasteiger partial charge >= 0.3 is 5.97 Å². The number of carbonyl (C=O) groups excluding carboxylic acids is 1. The number of anilines is 1. The van der Waals surface area contributed by atoms with E-state index in [4.69, 9.17) is 31.2 Å². The van der Waals surface area contributed by atoms with Crippen molar-refractivity contribution in [3.05, 3.63) is 48.0 Å². The molecule has 0 amide bonds. The Morgan fingerprint density at radius 3 is 2.81 bits per heavy atom. The highest BCUT2D eigenvalue weighted by molar-refractivity contribution is 7.22. The lowest BCUT2D eigenvalue weighted by atomic mass is 9.89. The molecule has 3 aromatic rings. The fourth-order valence-electron chi connectivity index (χ4n) is 4.14. The van der Waals surface area contributed by atoms with Gasteiger partial charge in [0.1, 0.15) is 17.6 Å². The van der Waals surface area contributed by atoms with Crippen LogP contribution >= 0.6 is 23.2 Å². The Kier molecular flexibility index (Phi) is 10.5. The smallest absolute Gasteiger partial charge is 0.314 e. The zero-order chi connectivity index (χ0) is 25.9. The number of halogens is 1. The van der Waals surface area contributed by atoms with Gasteiger partial charge in [-0.25, -0.2) is 9.99 Å². The van der Waals surface area contributed by atoms with Crippen LogP contribution in [0, 0.1) is 5.92 Å². The van der Waals surface area contributed by atoms with Crippen LogP contribution in [-0.2, 0) is 14.0 Å². The number of para-hydroxylation sites is 1. The van der Waals surface area contributed by atoms with E-state index in [2.05, 4.69) is 16.5 Å². The summed E-state index contributed by atoms with van der Waals surface area (Å²) in [6.45, 7) is 3.85. The third-order valence-electron chi connectivity index (χ3n) is 6.19. The van der Waals surface area contributed by atoms with Gasteiger partial charge in [-0.1, -0.05) is 60.5 Å². The molecule has 0 radical (unpaired) electrons. The van der Waals surface area contributed by atoms with Gasteiger partial charge in [0.2, 0.25) is 5.13 Å². The summed E-state index contributed by atoms with van der Waals surface area (Å²) in [7, 11) is 0. The molecule has 0 aliphatic heterocycles. The quantitative estimate of drug-likeness (QED) is 0.0576. The van der Waals surface area contributed by atoms with E-state index >= 15 is 0 Å². The van der Waals surface area contributed by atoms with Gasteiger partial charge in [-0.2, -0.15) is 5.10 Å². The molecule has 1 saturated carbocycles. The predicted octanol–water partition coefficient (Wildman–Crippen LogP) is 6.90. The molecule has 1 aliphatic carbocycles. The molecule has 1 aromatic heterocycles. The Bertz CT molecular complexity index is 1150. The second-order valence-corrected chi connectivity index (χ2v) is 10.0. The molecule has 0 spiro atoms. The zero-order valence-corrected chi connectivity index (χ0v) is 22.5. The Morgan fingerprint density at radius 2 is 2.03 bits per heavy atom. The number of hydrogen-bond acceptors (Lipinski definition) is 9. The topological polar surface area (TPSA) is 82.5 Å². The molecule has 0 saturated heterocycles. The van der Waals surface area contributed by atoms with Gasteiger partial charge in [-0.05, 0) is 49.6 Å². The molecule has 2 aromatic carbocycles. The van der Waals surface area contributed by atoms with Crippen LogP contribution < -0.4 is 14.6 Å². The normalized spacial score (nSPS) is 14.3. The molecular weight excluding hydrogens is 514 g/mol. The van der Waals surface area contributed by atoms with Crippen LogP contribution in [0.5, 0.6) is 11.5 Å². The third kappa shape index (κ3) is 7.88. The number of fused-ring (bicyclic) bond motifs is 1. The minimum atomic E-state index is -0.204. The van der Waals surface area contributed by atoms with E-state index in [1.807, 2.05) is 24.3 Å². The zero-order valence-electron chi connectivity index (χ0n) is 20.9. The molecule has 1 aliphatic rings. The summed E-state index contributed by atoms with van der Waals surface area (Å²) < 4.78 is 16.9. The van der Waals surface area contributed by atoms with Crippen LogP contribution in [0.25, 0.3) is 10.2 Å². The number of nitrogens with zero attached hydrogens (tertiary/aromatic N) is 3. The van der Waals surface area contributed by atoms with Gasteiger partial charge in [0.25, 0.3) is 0 Å². The van der Waals surface area contributed by atoms with Crippen molar-refractivity contribution in [2.45, 2.75) is 51.9 Å². The van der Waals surface area contributed by atoms with Crippen molar-refractivity contribution in [1.29, 1.82) is 0 Å². The van der Waals surface area contributed by atoms with E-state index in [0.717, 1.165) is 53.9 Å². The lowest BCUT2D eigenvalue weighted by Gasteiger charge is -2.20. The van der Waals surface area contributed by atoms with Gasteiger partial charge < -0.3 is 14.4 Å². The molecule has 4 rings (SSSR count). The van der Waals surface area contributed by atoms with Crippen LogP contribution in [-0.4, -0.2) is 36.9 Å². The number of ether oxygens (including phenoxy) is 2. The standard InChI is InChI=1S/C27H32ClN3O5S/c1-2-3-16-33-17-15-31(27-30-23-11-7-8-12-25(23)37-27)29-19-21-18-22(13-14-24(21)35-36-28)34-26(32)20-9-5-4-6-10-20/h7-8,11-14,18-20H,2-6,9-10,15-17H2,1H3/b29-19+. The van der Waals surface area contributed by atoms with Crippen LogP contribution in [0.3, 0.4) is 0 Å². The maximum atomic E-state index is 12.7. The largest absolute Gasteiger partial charge is 0.426 e. The van der Waals surface area contributed by atoms with Crippen molar-refractivity contribution in [2.24, 2.45) is 11.0 Å². The van der Waals surface area contributed by atoms with E-state index in [1.165, 1.54) is 6.42 Å². The van der Waals surface area contributed by atoms with Crippen molar-refractivity contribution < 1.29 is 23.6 Å². The minimum absolute atomic E-state index is 0.0600. The molecular formula is C27H32ClN3O5S. The molecule has 1 heterocycles. The van der Waals surface area contributed by atoms with Crippen LogP contribution in [0.2, 0.25) is 0 Å². The van der Waals surface area contributed by atoms with Crippen LogP contribution in [0.15, 0.2) is 47.6 Å². The number of aromatic nitrogens is 1. The van der Waals surface area contributed by atoms with E-state index < -0.39 is 0 Å². The van der Waals surface area contributed by atoms with Gasteiger partial charge in [0, 0.05) is 12.2 Å². The number of esters is 1. The number of thiazole rings is 1. The first kappa shape index (κ1) is 27.3. The summed E-state index contributed by atoms with van der Waals surface area (Å²) in [6, 6.07) is 12.9. The summed E-state index contributed by atoms with van der Waals surface area (Å²) in [5, 5.41) is 7.22. The highest BCUT2D eigenvalue weighted by atomic mass is 35.5. The fourth-order valence-corrected chi connectivity index (χ4v) is 5.16. The molecule has 0 unspecified atom stereocenters. The highest BCUT2D eigenvalue weighted by Crippen LogP contribution is 2.30. The van der Waals surface area contributed by atoms with Gasteiger partial charge in [-0.15, -0.1) is 0 Å². The number of hydrogen-bond donors (Lipinski definition) is 0. The van der Waals surface area contributed by atoms with E-state index in [1.54, 1.807) is 40.8 Å². The molecule has 8 nitrogen and oxygen atoms in total. The first-order chi connectivity index (χ1) is 18.2. The second kappa shape index (κ2) is 14.3. The lowest BCUT2D eigenvalue weighted by Crippen LogP contribution is -2.23. The van der Waals surface area contributed by atoms with Crippen LogP contribution in [0.4, 0.5) is 5.13 Å².